The Labute approximate surface area is 203 Å². The monoisotopic (exact) mass is 497 g/mol. The largest absolute Gasteiger partial charge is 0.417 e. The van der Waals surface area contributed by atoms with E-state index < -0.39 is 11.7 Å². The van der Waals surface area contributed by atoms with Gasteiger partial charge in [0.2, 0.25) is 5.91 Å². The van der Waals surface area contributed by atoms with Gasteiger partial charge in [0, 0.05) is 63.1 Å². The van der Waals surface area contributed by atoms with E-state index in [9.17, 15) is 18.0 Å². The molecule has 2 saturated heterocycles. The first-order valence-corrected chi connectivity index (χ1v) is 12.4. The lowest BCUT2D eigenvalue weighted by molar-refractivity contribution is -0.139. The number of fused-ring (bicyclic) bond motifs is 2. The lowest BCUT2D eigenvalue weighted by Crippen LogP contribution is -2.55. The molecule has 10 heteroatoms. The summed E-state index contributed by atoms with van der Waals surface area (Å²) in [4.78, 5) is 19.7. The Balaban J connectivity index is 1.37. The molecule has 0 spiro atoms. The summed E-state index contributed by atoms with van der Waals surface area (Å²) in [6.07, 6.45) is -0.946. The Morgan fingerprint density at radius 1 is 1.31 bits per heavy atom. The highest BCUT2D eigenvalue weighted by Gasteiger charge is 2.56. The van der Waals surface area contributed by atoms with Crippen LogP contribution in [0.4, 0.5) is 13.2 Å². The topological polar surface area (TPSA) is 72.9 Å². The van der Waals surface area contributed by atoms with Crippen LogP contribution in [0.2, 0.25) is 0 Å². The highest BCUT2D eigenvalue weighted by atomic mass is 19.4. The van der Waals surface area contributed by atoms with E-state index in [4.69, 9.17) is 14.2 Å². The number of aromatic nitrogens is 1. The molecule has 1 saturated carbocycles. The fourth-order valence-corrected chi connectivity index (χ4v) is 6.44. The Hall–Kier alpha value is -1.75. The second kappa shape index (κ2) is 9.28. The van der Waals surface area contributed by atoms with Gasteiger partial charge in [-0.05, 0) is 44.7 Å². The number of rotatable bonds is 4. The van der Waals surface area contributed by atoms with Gasteiger partial charge in [-0.2, -0.15) is 13.2 Å². The van der Waals surface area contributed by atoms with E-state index >= 15 is 0 Å². The van der Waals surface area contributed by atoms with Crippen LogP contribution in [0.5, 0.6) is 0 Å². The minimum atomic E-state index is -4.46. The van der Waals surface area contributed by atoms with Crippen molar-refractivity contribution in [3.05, 3.63) is 29.1 Å². The maximum absolute atomic E-state index is 14.0. The number of methoxy groups -OCH3 is 1. The van der Waals surface area contributed by atoms with Gasteiger partial charge in [0.25, 0.3) is 0 Å². The molecule has 3 aliphatic heterocycles. The van der Waals surface area contributed by atoms with E-state index in [-0.39, 0.29) is 54.2 Å². The second-order valence-corrected chi connectivity index (χ2v) is 10.9. The molecule has 0 radical (unpaired) electrons. The minimum absolute atomic E-state index is 0.0135. The number of nitrogens with zero attached hydrogens (tertiary/aromatic N) is 2. The molecule has 194 valence electrons. The van der Waals surface area contributed by atoms with Gasteiger partial charge in [-0.3, -0.25) is 9.78 Å². The summed E-state index contributed by atoms with van der Waals surface area (Å²) in [5, 5.41) is 3.70. The molecular formula is C25H34F3N3O4. The molecule has 5 rings (SSSR count). The van der Waals surface area contributed by atoms with E-state index in [0.29, 0.717) is 37.4 Å². The molecule has 7 nitrogen and oxygen atoms in total. The fourth-order valence-electron chi connectivity index (χ4n) is 6.44. The first kappa shape index (κ1) is 24.9. The number of ether oxygens (including phenoxy) is 3. The SMILES string of the molecule is COC1COCCC1N[C@@H]1C[C@H]2OC(C)(C)C[C@H]2[C@@H]1C(=O)N1CCc2ncc(C(F)(F)F)cc2C1. The van der Waals surface area contributed by atoms with Crippen LogP contribution in [-0.4, -0.2) is 72.6 Å². The van der Waals surface area contributed by atoms with Gasteiger partial charge >= 0.3 is 6.18 Å². The maximum Gasteiger partial charge on any atom is 0.417 e. The highest BCUT2D eigenvalue weighted by Crippen LogP contribution is 2.48. The average molecular weight is 498 g/mol. The second-order valence-electron chi connectivity index (χ2n) is 10.9. The van der Waals surface area contributed by atoms with Crippen LogP contribution in [0.3, 0.4) is 0 Å². The number of hydrogen-bond acceptors (Lipinski definition) is 6. The first-order valence-electron chi connectivity index (χ1n) is 12.4. The molecule has 0 bridgehead atoms. The molecular weight excluding hydrogens is 463 g/mol. The molecule has 1 amide bonds. The molecule has 4 heterocycles. The Kier molecular flexibility index (Phi) is 6.61. The smallest absolute Gasteiger partial charge is 0.379 e. The lowest BCUT2D eigenvalue weighted by Gasteiger charge is -2.38. The Morgan fingerprint density at radius 3 is 2.86 bits per heavy atom. The fraction of sp³-hybridized carbons (Fsp3) is 0.760. The Bertz CT molecular complexity index is 956. The Morgan fingerprint density at radius 2 is 2.11 bits per heavy atom. The van der Waals surface area contributed by atoms with Crippen molar-refractivity contribution in [2.45, 2.75) is 82.1 Å². The summed E-state index contributed by atoms with van der Waals surface area (Å²) in [6, 6.07) is 1.12. The zero-order valence-electron chi connectivity index (χ0n) is 20.4. The first-order chi connectivity index (χ1) is 16.6. The molecule has 6 atom stereocenters. The molecule has 1 aliphatic carbocycles. The summed E-state index contributed by atoms with van der Waals surface area (Å²) >= 11 is 0. The van der Waals surface area contributed by atoms with Crippen molar-refractivity contribution in [3.63, 3.8) is 0 Å². The van der Waals surface area contributed by atoms with Crippen LogP contribution in [0.15, 0.2) is 12.3 Å². The summed E-state index contributed by atoms with van der Waals surface area (Å²) in [5.74, 6) is -0.250. The van der Waals surface area contributed by atoms with Crippen molar-refractivity contribution >= 4 is 5.91 Å². The summed E-state index contributed by atoms with van der Waals surface area (Å²) in [6.45, 7) is 5.84. The van der Waals surface area contributed by atoms with Crippen molar-refractivity contribution in [2.75, 3.05) is 26.9 Å². The molecule has 35 heavy (non-hydrogen) atoms. The number of halogens is 3. The molecule has 2 unspecified atom stereocenters. The summed E-state index contributed by atoms with van der Waals surface area (Å²) < 4.78 is 57.2. The zero-order valence-corrected chi connectivity index (χ0v) is 20.4. The molecule has 1 N–H and O–H groups in total. The van der Waals surface area contributed by atoms with Crippen LogP contribution in [0, 0.1) is 11.8 Å². The van der Waals surface area contributed by atoms with E-state index in [1.54, 1.807) is 12.0 Å². The highest BCUT2D eigenvalue weighted by molar-refractivity contribution is 5.81. The van der Waals surface area contributed by atoms with Gasteiger partial charge in [0.05, 0.1) is 35.9 Å². The third-order valence-electron chi connectivity index (χ3n) is 8.05. The van der Waals surface area contributed by atoms with Gasteiger partial charge in [0.15, 0.2) is 0 Å². The minimum Gasteiger partial charge on any atom is -0.379 e. The van der Waals surface area contributed by atoms with E-state index in [1.807, 2.05) is 0 Å². The summed E-state index contributed by atoms with van der Waals surface area (Å²) in [5.41, 5.74) is 0.0380. The van der Waals surface area contributed by atoms with Gasteiger partial charge in [0.1, 0.15) is 0 Å². The van der Waals surface area contributed by atoms with E-state index in [0.717, 1.165) is 31.5 Å². The summed E-state index contributed by atoms with van der Waals surface area (Å²) in [7, 11) is 1.67. The maximum atomic E-state index is 14.0. The predicted octanol–water partition coefficient (Wildman–Crippen LogP) is 2.95. The van der Waals surface area contributed by atoms with Crippen molar-refractivity contribution in [2.24, 2.45) is 11.8 Å². The van der Waals surface area contributed by atoms with Gasteiger partial charge in [-0.25, -0.2) is 0 Å². The number of pyridine rings is 1. The number of alkyl halides is 3. The molecule has 4 aliphatic rings. The number of carbonyl (C=O) groups is 1. The van der Waals surface area contributed by atoms with Crippen molar-refractivity contribution < 1.29 is 32.2 Å². The lowest BCUT2D eigenvalue weighted by atomic mass is 9.84. The van der Waals surface area contributed by atoms with Gasteiger partial charge in [-0.15, -0.1) is 0 Å². The normalized spacial score (nSPS) is 34.5. The number of nitrogens with one attached hydrogen (secondary N) is 1. The van der Waals surface area contributed by atoms with Crippen LogP contribution >= 0.6 is 0 Å². The molecule has 0 aromatic carbocycles. The van der Waals surface area contributed by atoms with Crippen LogP contribution < -0.4 is 5.32 Å². The predicted molar refractivity (Wildman–Crippen MR) is 120 cm³/mol. The number of amides is 1. The van der Waals surface area contributed by atoms with Crippen LogP contribution in [0.25, 0.3) is 0 Å². The standard InChI is InChI=1S/C25H34F3N3O4/c1-24(2)10-16-20(35-24)9-19(30-18-5-7-34-13-21(18)33-3)22(16)23(32)31-6-4-17-14(12-31)8-15(11-29-17)25(26,27)28/h8,11,16,18-22,30H,4-7,9-10,12-13H2,1-3H3/t16-,18?,19-,20-,21?,22+/m1/s1. The van der Waals surface area contributed by atoms with Crippen molar-refractivity contribution in [3.8, 4) is 0 Å². The average Bonchev–Trinajstić information content (AvgIpc) is 3.28. The molecule has 1 aromatic heterocycles. The van der Waals surface area contributed by atoms with Gasteiger partial charge < -0.3 is 24.4 Å². The van der Waals surface area contributed by atoms with E-state index in [2.05, 4.69) is 24.1 Å². The zero-order chi connectivity index (χ0) is 25.0. The third kappa shape index (κ3) is 4.95. The van der Waals surface area contributed by atoms with E-state index in [1.165, 1.54) is 0 Å². The van der Waals surface area contributed by atoms with Crippen LogP contribution in [0.1, 0.15) is 49.9 Å². The van der Waals surface area contributed by atoms with Crippen molar-refractivity contribution in [1.82, 2.24) is 15.2 Å². The van der Waals surface area contributed by atoms with Gasteiger partial charge in [-0.1, -0.05) is 0 Å². The number of hydrogen-bond donors (Lipinski definition) is 1. The molecule has 3 fully saturated rings. The van der Waals surface area contributed by atoms with Crippen molar-refractivity contribution in [1.29, 1.82) is 0 Å². The van der Waals surface area contributed by atoms with Crippen LogP contribution in [-0.2, 0) is 38.1 Å². The number of carbonyl (C=O) groups excluding carboxylic acids is 1. The third-order valence-corrected chi connectivity index (χ3v) is 8.05. The molecule has 1 aromatic rings. The quantitative estimate of drug-likeness (QED) is 0.690.